The number of rotatable bonds is 6. The summed E-state index contributed by atoms with van der Waals surface area (Å²) in [5, 5.41) is 0. The molecule has 2 aliphatic rings. The third-order valence-electron chi connectivity index (χ3n) is 5.23. The van der Waals surface area contributed by atoms with Gasteiger partial charge in [0.1, 0.15) is 12.7 Å². The molecule has 27 heavy (non-hydrogen) atoms. The molecule has 0 N–H and O–H groups in total. The van der Waals surface area contributed by atoms with E-state index in [4.69, 9.17) is 14.2 Å². The van der Waals surface area contributed by atoms with E-state index >= 15 is 0 Å². The summed E-state index contributed by atoms with van der Waals surface area (Å²) < 4.78 is 17.5. The molecule has 3 atom stereocenters. The van der Waals surface area contributed by atoms with E-state index in [0.29, 0.717) is 26.4 Å². The standard InChI is InChI=1S/C22H25NO4/c24-22(26-15-18-9-5-2-6-10-18)23-12-11-19-13-20(23)21(27-19)16-25-14-17-7-3-1-4-8-17/h1-10,19-21H,11-16H2/t19-,20+,21-/m1/s1. The van der Waals surface area contributed by atoms with E-state index in [0.717, 1.165) is 24.0 Å². The van der Waals surface area contributed by atoms with Crippen molar-refractivity contribution in [2.24, 2.45) is 0 Å². The number of ether oxygens (including phenoxy) is 3. The fourth-order valence-corrected chi connectivity index (χ4v) is 3.82. The molecule has 0 aromatic heterocycles. The van der Waals surface area contributed by atoms with Gasteiger partial charge in [0.15, 0.2) is 0 Å². The molecular formula is C22H25NO4. The second kappa shape index (κ2) is 8.55. The van der Waals surface area contributed by atoms with Crippen LogP contribution >= 0.6 is 0 Å². The van der Waals surface area contributed by atoms with Crippen LogP contribution in [0.4, 0.5) is 4.79 Å². The van der Waals surface area contributed by atoms with Gasteiger partial charge in [0.05, 0.1) is 25.4 Å². The first-order valence-electron chi connectivity index (χ1n) is 9.54. The summed E-state index contributed by atoms with van der Waals surface area (Å²) in [5.41, 5.74) is 2.13. The first kappa shape index (κ1) is 18.0. The number of nitrogens with zero attached hydrogens (tertiary/aromatic N) is 1. The minimum atomic E-state index is -0.263. The molecule has 2 aromatic carbocycles. The zero-order chi connectivity index (χ0) is 18.5. The molecule has 2 aromatic rings. The molecule has 0 radical (unpaired) electrons. The summed E-state index contributed by atoms with van der Waals surface area (Å²) >= 11 is 0. The molecule has 0 unspecified atom stereocenters. The quantitative estimate of drug-likeness (QED) is 0.780. The molecule has 5 nitrogen and oxygen atoms in total. The van der Waals surface area contributed by atoms with Gasteiger partial charge in [-0.3, -0.25) is 0 Å². The number of fused-ring (bicyclic) bond motifs is 2. The SMILES string of the molecule is O=C(OCc1ccccc1)N1CC[C@@H]2C[C@H]1[C@@H](COCc1ccccc1)O2. The highest BCUT2D eigenvalue weighted by molar-refractivity contribution is 5.68. The van der Waals surface area contributed by atoms with Crippen molar-refractivity contribution in [3.8, 4) is 0 Å². The van der Waals surface area contributed by atoms with Crippen molar-refractivity contribution in [1.29, 1.82) is 0 Å². The fourth-order valence-electron chi connectivity index (χ4n) is 3.82. The minimum Gasteiger partial charge on any atom is -0.445 e. The molecule has 2 aliphatic heterocycles. The lowest BCUT2D eigenvalue weighted by Gasteiger charge is -2.32. The normalized spacial score (nSPS) is 24.0. The highest BCUT2D eigenvalue weighted by atomic mass is 16.6. The fraction of sp³-hybridized carbons (Fsp3) is 0.409. The van der Waals surface area contributed by atoms with Crippen LogP contribution in [0.3, 0.4) is 0 Å². The highest BCUT2D eigenvalue weighted by Crippen LogP contribution is 2.33. The van der Waals surface area contributed by atoms with E-state index in [1.165, 1.54) is 0 Å². The molecule has 4 rings (SSSR count). The zero-order valence-corrected chi connectivity index (χ0v) is 15.3. The summed E-state index contributed by atoms with van der Waals surface area (Å²) in [7, 11) is 0. The van der Waals surface area contributed by atoms with E-state index in [9.17, 15) is 4.79 Å². The Labute approximate surface area is 159 Å². The van der Waals surface area contributed by atoms with Gasteiger partial charge in [-0.05, 0) is 24.0 Å². The lowest BCUT2D eigenvalue weighted by atomic mass is 10.0. The third kappa shape index (κ3) is 4.49. The molecular weight excluding hydrogens is 342 g/mol. The van der Waals surface area contributed by atoms with E-state index in [1.54, 1.807) is 0 Å². The summed E-state index contributed by atoms with van der Waals surface area (Å²) in [6.07, 6.45) is 1.58. The number of benzene rings is 2. The molecule has 0 spiro atoms. The maximum atomic E-state index is 12.6. The zero-order valence-electron chi connectivity index (χ0n) is 15.3. The minimum absolute atomic E-state index is 0.0304. The average molecular weight is 367 g/mol. The molecule has 142 valence electrons. The van der Waals surface area contributed by atoms with Crippen LogP contribution in [-0.2, 0) is 27.4 Å². The first-order valence-corrected chi connectivity index (χ1v) is 9.54. The Bertz CT molecular complexity index is 736. The predicted octanol–water partition coefficient (Wildman–Crippen LogP) is 3.77. The molecule has 0 saturated carbocycles. The van der Waals surface area contributed by atoms with Crippen LogP contribution in [-0.4, -0.2) is 42.4 Å². The number of likely N-dealkylation sites (tertiary alicyclic amines) is 1. The smallest absolute Gasteiger partial charge is 0.410 e. The van der Waals surface area contributed by atoms with E-state index in [1.807, 2.05) is 65.6 Å². The van der Waals surface area contributed by atoms with Gasteiger partial charge in [0.25, 0.3) is 0 Å². The van der Waals surface area contributed by atoms with Crippen LogP contribution in [0.25, 0.3) is 0 Å². The Morgan fingerprint density at radius 2 is 1.67 bits per heavy atom. The lowest BCUT2D eigenvalue weighted by molar-refractivity contribution is -0.0246. The van der Waals surface area contributed by atoms with E-state index in [-0.39, 0.29) is 24.3 Å². The van der Waals surface area contributed by atoms with E-state index < -0.39 is 0 Å². The van der Waals surface area contributed by atoms with Crippen molar-refractivity contribution >= 4 is 6.09 Å². The summed E-state index contributed by atoms with van der Waals surface area (Å²) in [6.45, 7) is 2.01. The number of carbonyl (C=O) groups is 1. The molecule has 5 heteroatoms. The van der Waals surface area contributed by atoms with Gasteiger partial charge in [-0.15, -0.1) is 0 Å². The number of amides is 1. The number of piperidine rings is 1. The first-order chi connectivity index (χ1) is 13.3. The van der Waals surface area contributed by atoms with Gasteiger partial charge in [-0.1, -0.05) is 60.7 Å². The Morgan fingerprint density at radius 1 is 1.00 bits per heavy atom. The van der Waals surface area contributed by atoms with Crippen LogP contribution in [0.1, 0.15) is 24.0 Å². The van der Waals surface area contributed by atoms with Gasteiger partial charge >= 0.3 is 6.09 Å². The molecule has 1 amide bonds. The molecule has 2 saturated heterocycles. The maximum absolute atomic E-state index is 12.6. The van der Waals surface area contributed by atoms with Crippen molar-refractivity contribution in [1.82, 2.24) is 4.90 Å². The van der Waals surface area contributed by atoms with Gasteiger partial charge in [-0.25, -0.2) is 4.79 Å². The Kier molecular flexibility index (Phi) is 5.70. The van der Waals surface area contributed by atoms with Crippen molar-refractivity contribution in [2.45, 2.75) is 44.3 Å². The third-order valence-corrected chi connectivity index (χ3v) is 5.23. The van der Waals surface area contributed by atoms with Gasteiger partial charge in [-0.2, -0.15) is 0 Å². The van der Waals surface area contributed by atoms with Gasteiger partial charge in [0, 0.05) is 6.54 Å². The second-order valence-electron chi connectivity index (χ2n) is 7.12. The van der Waals surface area contributed by atoms with Crippen molar-refractivity contribution in [2.75, 3.05) is 13.2 Å². The largest absolute Gasteiger partial charge is 0.445 e. The lowest BCUT2D eigenvalue weighted by Crippen LogP contribution is -2.48. The van der Waals surface area contributed by atoms with Crippen LogP contribution < -0.4 is 0 Å². The van der Waals surface area contributed by atoms with Crippen LogP contribution in [0, 0.1) is 0 Å². The topological polar surface area (TPSA) is 48.0 Å². The van der Waals surface area contributed by atoms with E-state index in [2.05, 4.69) is 0 Å². The molecule has 2 fully saturated rings. The summed E-state index contributed by atoms with van der Waals surface area (Å²) in [5.74, 6) is 0. The number of carbonyl (C=O) groups excluding carboxylic acids is 1. The van der Waals surface area contributed by atoms with Crippen molar-refractivity contribution in [3.05, 3.63) is 71.8 Å². The Morgan fingerprint density at radius 3 is 2.37 bits per heavy atom. The summed E-state index contributed by atoms with van der Waals surface area (Å²) in [4.78, 5) is 14.4. The molecule has 0 aliphatic carbocycles. The highest BCUT2D eigenvalue weighted by Gasteiger charge is 2.45. The van der Waals surface area contributed by atoms with Crippen LogP contribution in [0.2, 0.25) is 0 Å². The average Bonchev–Trinajstić information content (AvgIpc) is 3.03. The summed E-state index contributed by atoms with van der Waals surface area (Å²) in [6, 6.07) is 19.9. The van der Waals surface area contributed by atoms with Gasteiger partial charge in [0.2, 0.25) is 0 Å². The maximum Gasteiger partial charge on any atom is 0.410 e. The predicted molar refractivity (Wildman–Crippen MR) is 101 cm³/mol. The van der Waals surface area contributed by atoms with Crippen LogP contribution in [0.5, 0.6) is 0 Å². The Hall–Kier alpha value is -2.37. The Balaban J connectivity index is 1.30. The molecule has 2 heterocycles. The van der Waals surface area contributed by atoms with Crippen molar-refractivity contribution < 1.29 is 19.0 Å². The van der Waals surface area contributed by atoms with Crippen molar-refractivity contribution in [3.63, 3.8) is 0 Å². The molecule has 2 bridgehead atoms. The second-order valence-corrected chi connectivity index (χ2v) is 7.12. The van der Waals surface area contributed by atoms with Crippen LogP contribution in [0.15, 0.2) is 60.7 Å². The number of hydrogen-bond donors (Lipinski definition) is 0. The van der Waals surface area contributed by atoms with Gasteiger partial charge < -0.3 is 19.1 Å². The monoisotopic (exact) mass is 367 g/mol. The number of hydrogen-bond acceptors (Lipinski definition) is 4.